The number of aliphatic hydroxyl groups excluding tert-OH is 1. The topological polar surface area (TPSA) is 170 Å². The standard InChI is InChI=1S/C28H36O7.C26H34O6/c1-7-22-17(2)13-14-23(32-16-21-11-9-8-10-12-21)18(3)15-28(6)26(30)25(33-20(5)29)24(35-28)19(4)27(31)34-22;1-6-20-16(2)12-13-21(30-15-19-10-8-7-9-11-19)17(3)14-26(5)24(28)22(27)23(32-26)18(4)25(29)31-20/h8-12,14,18-19,22-25H,7,15-16H2,1-6H3;7-11,13,17-18,20-23,27H,6,14-15H2,1-5H3/t13?,18-,19-,22-,23-,24-,25-,28+;12?,17-,18-,20-,21-,22-,23-,26+/m11/s1. The van der Waals surface area contributed by atoms with Gasteiger partial charge in [0.15, 0.2) is 11.9 Å². The number of ether oxygens (including phenoxy) is 7. The average Bonchev–Trinajstić information content (AvgIpc) is 3.68. The van der Waals surface area contributed by atoms with Gasteiger partial charge in [0.05, 0.1) is 37.3 Å². The lowest BCUT2D eigenvalue weighted by molar-refractivity contribution is -0.167. The second-order valence-electron chi connectivity index (χ2n) is 18.9. The van der Waals surface area contributed by atoms with Gasteiger partial charge >= 0.3 is 17.9 Å². The molecule has 13 heteroatoms. The number of esters is 3. The van der Waals surface area contributed by atoms with Gasteiger partial charge in [0.2, 0.25) is 5.78 Å². The van der Waals surface area contributed by atoms with Crippen LogP contribution in [0.1, 0.15) is 113 Å². The maximum absolute atomic E-state index is 13.4. The quantitative estimate of drug-likeness (QED) is 0.146. The molecule has 13 nitrogen and oxygen atoms in total. The molecule has 4 heterocycles. The minimum absolute atomic E-state index is 0.105. The number of carbonyl (C=O) groups excluding carboxylic acids is 5. The first kappa shape index (κ1) is 53.0. The molecule has 364 valence electrons. The lowest BCUT2D eigenvalue weighted by Crippen LogP contribution is -2.41. The Kier molecular flexibility index (Phi) is 18.5. The van der Waals surface area contributed by atoms with Crippen molar-refractivity contribution in [3.8, 4) is 0 Å². The lowest BCUT2D eigenvalue weighted by Gasteiger charge is -2.30. The van der Waals surface area contributed by atoms with Crippen LogP contribution in [0.25, 0.3) is 0 Å². The number of benzene rings is 2. The zero-order valence-electron chi connectivity index (χ0n) is 40.9. The minimum Gasteiger partial charge on any atom is -0.457 e. The SMILES string of the molecule is CC[C@H]1OC(=O)[C@H](C)[C@H]2O[C@@](C)(C[C@@H](C)[C@H](OCc3ccccc3)C=C=C1C)C(=O)[C@@H]2O.CC[C@H]1OC(=O)[C@H](C)[C@H]2O[C@@](C)(C[C@@H](C)[C@H](OCc3ccccc3)C=C=C1C)C(=O)[C@@H]2OC(C)=O. The highest BCUT2D eigenvalue weighted by atomic mass is 16.6. The summed E-state index contributed by atoms with van der Waals surface area (Å²) in [6.45, 7) is 20.3. The molecule has 2 aromatic carbocycles. The summed E-state index contributed by atoms with van der Waals surface area (Å²) in [5.74, 6) is -4.21. The highest BCUT2D eigenvalue weighted by molar-refractivity contribution is 5.96. The van der Waals surface area contributed by atoms with E-state index in [9.17, 15) is 29.1 Å². The molecule has 2 fully saturated rings. The average molecular weight is 927 g/mol. The summed E-state index contributed by atoms with van der Waals surface area (Å²) < 4.78 is 41.6. The van der Waals surface area contributed by atoms with Gasteiger partial charge in [0.25, 0.3) is 0 Å². The molecule has 67 heavy (non-hydrogen) atoms. The van der Waals surface area contributed by atoms with Crippen LogP contribution in [-0.2, 0) is 70.3 Å². The van der Waals surface area contributed by atoms with E-state index in [1.165, 1.54) is 6.92 Å². The molecule has 0 aliphatic carbocycles. The van der Waals surface area contributed by atoms with Crippen LogP contribution in [0.4, 0.5) is 0 Å². The number of hydrogen-bond donors (Lipinski definition) is 1. The third-order valence-electron chi connectivity index (χ3n) is 13.3. The Morgan fingerprint density at radius 1 is 0.672 bits per heavy atom. The molecule has 0 aromatic heterocycles. The summed E-state index contributed by atoms with van der Waals surface area (Å²) in [6, 6.07) is 19.7. The van der Waals surface area contributed by atoms with Crippen LogP contribution in [0.3, 0.4) is 0 Å². The van der Waals surface area contributed by atoms with Crippen molar-refractivity contribution < 1.29 is 62.2 Å². The largest absolute Gasteiger partial charge is 0.457 e. The number of rotatable bonds is 9. The van der Waals surface area contributed by atoms with E-state index >= 15 is 0 Å². The number of aliphatic hydroxyl groups is 1. The van der Waals surface area contributed by atoms with Gasteiger partial charge in [-0.3, -0.25) is 24.0 Å². The fourth-order valence-corrected chi connectivity index (χ4v) is 9.17. The third kappa shape index (κ3) is 13.2. The molecule has 4 bridgehead atoms. The van der Waals surface area contributed by atoms with E-state index in [2.05, 4.69) is 11.5 Å². The Bertz CT molecular complexity index is 2190. The number of fused-ring (bicyclic) bond motifs is 4. The summed E-state index contributed by atoms with van der Waals surface area (Å²) in [5.41, 5.74) is 7.71. The second-order valence-corrected chi connectivity index (χ2v) is 18.9. The van der Waals surface area contributed by atoms with E-state index in [1.807, 2.05) is 114 Å². The summed E-state index contributed by atoms with van der Waals surface area (Å²) in [6.07, 6.45) is -0.590. The highest BCUT2D eigenvalue weighted by Crippen LogP contribution is 2.40. The number of hydrogen-bond acceptors (Lipinski definition) is 13. The highest BCUT2D eigenvalue weighted by Gasteiger charge is 2.57. The van der Waals surface area contributed by atoms with Crippen LogP contribution >= 0.6 is 0 Å². The molecule has 0 radical (unpaired) electrons. The van der Waals surface area contributed by atoms with E-state index in [4.69, 9.17) is 33.2 Å². The van der Waals surface area contributed by atoms with Crippen molar-refractivity contribution in [2.75, 3.05) is 0 Å². The first-order valence-electron chi connectivity index (χ1n) is 23.6. The van der Waals surface area contributed by atoms with Crippen LogP contribution in [0.15, 0.2) is 95.4 Å². The molecule has 0 amide bonds. The molecule has 2 saturated heterocycles. The summed E-state index contributed by atoms with van der Waals surface area (Å²) in [4.78, 5) is 63.9. The first-order chi connectivity index (χ1) is 31.7. The third-order valence-corrected chi connectivity index (χ3v) is 13.3. The monoisotopic (exact) mass is 926 g/mol. The van der Waals surface area contributed by atoms with E-state index in [0.717, 1.165) is 22.3 Å². The summed E-state index contributed by atoms with van der Waals surface area (Å²) in [7, 11) is 0. The van der Waals surface area contributed by atoms with Gasteiger partial charge in [-0.15, -0.1) is 11.5 Å². The van der Waals surface area contributed by atoms with Crippen molar-refractivity contribution >= 4 is 29.5 Å². The number of ketones is 2. The number of cyclic esters (lactones) is 2. The molecule has 0 saturated carbocycles. The first-order valence-corrected chi connectivity index (χ1v) is 23.6. The van der Waals surface area contributed by atoms with Crippen molar-refractivity contribution in [3.05, 3.63) is 107 Å². The molecule has 0 spiro atoms. The maximum atomic E-state index is 13.4. The van der Waals surface area contributed by atoms with Gasteiger partial charge < -0.3 is 38.3 Å². The molecule has 6 rings (SSSR count). The predicted molar refractivity (Wildman–Crippen MR) is 249 cm³/mol. The normalized spacial score (nSPS) is 34.8. The van der Waals surface area contributed by atoms with E-state index in [-0.39, 0.29) is 29.8 Å². The maximum Gasteiger partial charge on any atom is 0.312 e. The van der Waals surface area contributed by atoms with Crippen molar-refractivity contribution in [1.29, 1.82) is 0 Å². The Labute approximate surface area is 395 Å². The van der Waals surface area contributed by atoms with Crippen LogP contribution < -0.4 is 0 Å². The molecule has 1 N–H and O–H groups in total. The van der Waals surface area contributed by atoms with Gasteiger partial charge in [0, 0.05) is 18.1 Å². The van der Waals surface area contributed by atoms with E-state index < -0.39 is 83.4 Å². The molecule has 14 atom stereocenters. The van der Waals surface area contributed by atoms with Gasteiger partial charge in [-0.25, -0.2) is 0 Å². The van der Waals surface area contributed by atoms with Gasteiger partial charge in [-0.05, 0) is 102 Å². The molecule has 4 aliphatic rings. The molecular weight excluding hydrogens is 857 g/mol. The summed E-state index contributed by atoms with van der Waals surface area (Å²) in [5, 5.41) is 10.6. The fraction of sp³-hybridized carbons (Fsp3) is 0.574. The molecule has 2 aromatic rings. The van der Waals surface area contributed by atoms with E-state index in [0.29, 0.717) is 38.9 Å². The van der Waals surface area contributed by atoms with Crippen LogP contribution in [0, 0.1) is 23.7 Å². The Hall–Kier alpha value is -4.97. The Morgan fingerprint density at radius 2 is 1.07 bits per heavy atom. The van der Waals surface area contributed by atoms with Crippen LogP contribution in [0.5, 0.6) is 0 Å². The molecule has 0 unspecified atom stereocenters. The van der Waals surface area contributed by atoms with Crippen LogP contribution in [-0.4, -0.2) is 94.6 Å². The summed E-state index contributed by atoms with van der Waals surface area (Å²) >= 11 is 0. The van der Waals surface area contributed by atoms with Crippen molar-refractivity contribution in [1.82, 2.24) is 0 Å². The number of Topliss-reactive ketones (excluding diaryl/α,β-unsaturated/α-hetero) is 2. The van der Waals surface area contributed by atoms with Crippen LogP contribution in [0.2, 0.25) is 0 Å². The predicted octanol–water partition coefficient (Wildman–Crippen LogP) is 8.09. The Morgan fingerprint density at radius 3 is 1.49 bits per heavy atom. The zero-order chi connectivity index (χ0) is 49.2. The van der Waals surface area contributed by atoms with Crippen molar-refractivity contribution in [2.24, 2.45) is 23.7 Å². The molecular formula is C54H70O13. The molecule has 4 aliphatic heterocycles. The van der Waals surface area contributed by atoms with Crippen molar-refractivity contribution in [3.63, 3.8) is 0 Å². The Balaban J connectivity index is 0.000000252. The second kappa shape index (κ2) is 23.4. The minimum atomic E-state index is -1.37. The van der Waals surface area contributed by atoms with Gasteiger partial charge in [0.1, 0.15) is 41.7 Å². The van der Waals surface area contributed by atoms with Gasteiger partial charge in [-0.2, -0.15) is 0 Å². The smallest absolute Gasteiger partial charge is 0.312 e. The van der Waals surface area contributed by atoms with Gasteiger partial charge in [-0.1, -0.05) is 88.4 Å². The zero-order valence-corrected chi connectivity index (χ0v) is 40.9. The van der Waals surface area contributed by atoms with Crippen molar-refractivity contribution in [2.45, 2.75) is 175 Å². The fourth-order valence-electron chi connectivity index (χ4n) is 9.17. The lowest BCUT2D eigenvalue weighted by atomic mass is 9.85. The number of carbonyl (C=O) groups is 5. The van der Waals surface area contributed by atoms with E-state index in [1.54, 1.807) is 27.7 Å².